The molecule has 0 radical (unpaired) electrons. The lowest BCUT2D eigenvalue weighted by Crippen LogP contribution is -2.47. The molecule has 3 rings (SSSR count). The van der Waals surface area contributed by atoms with Gasteiger partial charge in [0.25, 0.3) is 5.91 Å². The predicted octanol–water partition coefficient (Wildman–Crippen LogP) is 4.19. The second-order valence-corrected chi connectivity index (χ2v) is 5.62. The van der Waals surface area contributed by atoms with Crippen molar-refractivity contribution >= 4 is 11.6 Å². The van der Waals surface area contributed by atoms with Gasteiger partial charge < -0.3 is 10.2 Å². The molecule has 1 N–H and O–H groups in total. The molecule has 0 fully saturated rings. The Bertz CT molecular complexity index is 701. The maximum atomic E-state index is 13.6. The van der Waals surface area contributed by atoms with E-state index in [1.807, 2.05) is 44.2 Å². The molecule has 0 spiro atoms. The Balaban J connectivity index is 2.09. The molecule has 0 saturated carbocycles. The average molecular weight is 298 g/mol. The Kier molecular flexibility index (Phi) is 3.84. The Morgan fingerprint density at radius 2 is 2.00 bits per heavy atom. The fourth-order valence-electron chi connectivity index (χ4n) is 2.84. The van der Waals surface area contributed by atoms with Gasteiger partial charge >= 0.3 is 0 Å². The molecule has 0 aliphatic carbocycles. The maximum Gasteiger partial charge on any atom is 0.258 e. The van der Waals surface area contributed by atoms with Crippen LogP contribution in [0.2, 0.25) is 0 Å². The van der Waals surface area contributed by atoms with Crippen molar-refractivity contribution in [2.75, 3.05) is 5.32 Å². The molecule has 0 bridgehead atoms. The summed E-state index contributed by atoms with van der Waals surface area (Å²) >= 11 is 0. The van der Waals surface area contributed by atoms with Gasteiger partial charge in [0, 0.05) is 11.7 Å². The van der Waals surface area contributed by atoms with Gasteiger partial charge in [0.1, 0.15) is 12.0 Å². The molecule has 0 unspecified atom stereocenters. The van der Waals surface area contributed by atoms with Crippen molar-refractivity contribution in [2.24, 2.45) is 0 Å². The molecule has 1 aliphatic rings. The summed E-state index contributed by atoms with van der Waals surface area (Å²) in [7, 11) is 0. The van der Waals surface area contributed by atoms with Gasteiger partial charge in [-0.25, -0.2) is 4.39 Å². The third-order valence-electron chi connectivity index (χ3n) is 4.19. The van der Waals surface area contributed by atoms with Crippen molar-refractivity contribution in [3.63, 3.8) is 0 Å². The van der Waals surface area contributed by atoms with Crippen LogP contribution in [0.1, 0.15) is 42.4 Å². The van der Waals surface area contributed by atoms with E-state index in [1.54, 1.807) is 11.0 Å². The Labute approximate surface area is 129 Å². The van der Waals surface area contributed by atoms with Crippen molar-refractivity contribution in [1.29, 1.82) is 0 Å². The fraction of sp³-hybridized carbons (Fsp3) is 0.278. The van der Waals surface area contributed by atoms with E-state index in [1.165, 1.54) is 12.1 Å². The number of amides is 1. The van der Waals surface area contributed by atoms with Crippen molar-refractivity contribution < 1.29 is 9.18 Å². The quantitative estimate of drug-likeness (QED) is 0.921. The minimum absolute atomic E-state index is 0.0158. The van der Waals surface area contributed by atoms with E-state index < -0.39 is 0 Å². The monoisotopic (exact) mass is 298 g/mol. The van der Waals surface area contributed by atoms with Crippen LogP contribution in [0.25, 0.3) is 0 Å². The molecule has 2 aromatic rings. The first-order valence-electron chi connectivity index (χ1n) is 7.55. The zero-order chi connectivity index (χ0) is 15.7. The second-order valence-electron chi connectivity index (χ2n) is 5.62. The van der Waals surface area contributed by atoms with Gasteiger partial charge in [-0.3, -0.25) is 4.79 Å². The first kappa shape index (κ1) is 14.6. The molecule has 1 aliphatic heterocycles. The number of hydrogen-bond acceptors (Lipinski definition) is 2. The molecule has 114 valence electrons. The van der Waals surface area contributed by atoms with E-state index in [0.29, 0.717) is 5.56 Å². The summed E-state index contributed by atoms with van der Waals surface area (Å²) in [6.45, 7) is 4.06. The van der Waals surface area contributed by atoms with E-state index in [9.17, 15) is 9.18 Å². The third-order valence-corrected chi connectivity index (χ3v) is 4.19. The van der Waals surface area contributed by atoms with Crippen LogP contribution in [-0.4, -0.2) is 16.8 Å². The molecule has 2 aromatic carbocycles. The lowest BCUT2D eigenvalue weighted by Gasteiger charge is -2.41. The highest BCUT2D eigenvalue weighted by molar-refractivity contribution is 6.01. The smallest absolute Gasteiger partial charge is 0.258 e. The SMILES string of the molecule is CC[C@@H](C)N1C(=O)c2ccccc2N[C@H]1c1cccc(F)c1. The molecule has 3 nitrogen and oxygen atoms in total. The minimum atomic E-state index is -0.354. The van der Waals surface area contributed by atoms with Gasteiger partial charge in [-0.05, 0) is 43.2 Å². The van der Waals surface area contributed by atoms with Crippen LogP contribution < -0.4 is 5.32 Å². The highest BCUT2D eigenvalue weighted by Gasteiger charge is 2.35. The number of hydrogen-bond donors (Lipinski definition) is 1. The van der Waals surface area contributed by atoms with E-state index in [2.05, 4.69) is 5.32 Å². The van der Waals surface area contributed by atoms with Crippen LogP contribution >= 0.6 is 0 Å². The number of halogens is 1. The number of anilines is 1. The Morgan fingerprint density at radius 3 is 2.73 bits per heavy atom. The van der Waals surface area contributed by atoms with Crippen molar-refractivity contribution in [3.05, 3.63) is 65.5 Å². The molecule has 1 heterocycles. The van der Waals surface area contributed by atoms with Gasteiger partial charge in [-0.1, -0.05) is 31.2 Å². The number of carbonyl (C=O) groups excluding carboxylic acids is 1. The summed E-state index contributed by atoms with van der Waals surface area (Å²) in [6.07, 6.45) is 0.481. The van der Waals surface area contributed by atoms with Gasteiger partial charge in [0.05, 0.1) is 5.56 Å². The van der Waals surface area contributed by atoms with Gasteiger partial charge in [0.2, 0.25) is 0 Å². The summed E-state index contributed by atoms with van der Waals surface area (Å²) in [5.41, 5.74) is 2.21. The van der Waals surface area contributed by atoms with Crippen LogP contribution in [0.5, 0.6) is 0 Å². The second kappa shape index (κ2) is 5.79. The molecular formula is C18H19FN2O. The summed E-state index contributed by atoms with van der Waals surface area (Å²) in [6, 6.07) is 13.9. The molecule has 4 heteroatoms. The van der Waals surface area contributed by atoms with Gasteiger partial charge in [0.15, 0.2) is 0 Å². The Hall–Kier alpha value is -2.36. The summed E-state index contributed by atoms with van der Waals surface area (Å²) in [4.78, 5) is 14.7. The van der Waals surface area contributed by atoms with Crippen molar-refractivity contribution in [1.82, 2.24) is 4.90 Å². The number of nitrogens with one attached hydrogen (secondary N) is 1. The van der Waals surface area contributed by atoms with Crippen LogP contribution in [0.15, 0.2) is 48.5 Å². The lowest BCUT2D eigenvalue weighted by atomic mass is 10.0. The highest BCUT2D eigenvalue weighted by atomic mass is 19.1. The summed E-state index contributed by atoms with van der Waals surface area (Å²) in [5, 5.41) is 3.37. The number of nitrogens with zero attached hydrogens (tertiary/aromatic N) is 1. The summed E-state index contributed by atoms with van der Waals surface area (Å²) in [5.74, 6) is -0.312. The standard InChI is InChI=1S/C18H19FN2O/c1-3-12(2)21-17(13-7-6-8-14(19)11-13)20-16-10-5-4-9-15(16)18(21)22/h4-12,17,20H,3H2,1-2H3/t12-,17-/m1/s1. The molecule has 0 saturated heterocycles. The van der Waals surface area contributed by atoms with Gasteiger partial charge in [-0.2, -0.15) is 0 Å². The molecular weight excluding hydrogens is 279 g/mol. The first-order valence-corrected chi connectivity index (χ1v) is 7.55. The maximum absolute atomic E-state index is 13.6. The first-order chi connectivity index (χ1) is 10.6. The number of rotatable bonds is 3. The number of fused-ring (bicyclic) bond motifs is 1. The third kappa shape index (κ3) is 2.45. The lowest BCUT2D eigenvalue weighted by molar-refractivity contribution is 0.0593. The van der Waals surface area contributed by atoms with E-state index in [4.69, 9.17) is 0 Å². The molecule has 0 aromatic heterocycles. The molecule has 2 atom stereocenters. The van der Waals surface area contributed by atoms with E-state index in [0.717, 1.165) is 17.7 Å². The number of carbonyl (C=O) groups is 1. The minimum Gasteiger partial charge on any atom is -0.361 e. The van der Waals surface area contributed by atoms with E-state index in [-0.39, 0.29) is 23.9 Å². The normalized spacial score (nSPS) is 18.6. The predicted molar refractivity (Wildman–Crippen MR) is 85.1 cm³/mol. The van der Waals surface area contributed by atoms with Crippen molar-refractivity contribution in [2.45, 2.75) is 32.5 Å². The van der Waals surface area contributed by atoms with E-state index >= 15 is 0 Å². The summed E-state index contributed by atoms with van der Waals surface area (Å²) < 4.78 is 13.6. The average Bonchev–Trinajstić information content (AvgIpc) is 2.54. The van der Waals surface area contributed by atoms with Crippen LogP contribution in [0.4, 0.5) is 10.1 Å². The van der Waals surface area contributed by atoms with Crippen LogP contribution in [0, 0.1) is 5.82 Å². The molecule has 22 heavy (non-hydrogen) atoms. The number of para-hydroxylation sites is 1. The zero-order valence-electron chi connectivity index (χ0n) is 12.7. The van der Waals surface area contributed by atoms with Gasteiger partial charge in [-0.15, -0.1) is 0 Å². The van der Waals surface area contributed by atoms with Crippen molar-refractivity contribution in [3.8, 4) is 0 Å². The largest absolute Gasteiger partial charge is 0.361 e. The zero-order valence-corrected chi connectivity index (χ0v) is 12.7. The fourth-order valence-corrected chi connectivity index (χ4v) is 2.84. The Morgan fingerprint density at radius 1 is 1.23 bits per heavy atom. The topological polar surface area (TPSA) is 32.3 Å². The highest BCUT2D eigenvalue weighted by Crippen LogP contribution is 2.35. The van der Waals surface area contributed by atoms with Crippen LogP contribution in [-0.2, 0) is 0 Å². The number of benzene rings is 2. The molecule has 1 amide bonds. The van der Waals surface area contributed by atoms with Crippen LogP contribution in [0.3, 0.4) is 0 Å².